The predicted octanol–water partition coefficient (Wildman–Crippen LogP) is -0.359. The van der Waals surface area contributed by atoms with Gasteiger partial charge < -0.3 is 20.5 Å². The fourth-order valence-corrected chi connectivity index (χ4v) is 1.58. The first-order valence-electron chi connectivity index (χ1n) is 5.77. The molecule has 94 valence electrons. The standard InChI is InChI=1S/C11H22N2O3/c1-8(2)13-10(14)9(3)12-6-11(15)4-5-16-7-11/h8-9,12,15H,4-7H2,1-3H3,(H,13,14). The van der Waals surface area contributed by atoms with E-state index in [4.69, 9.17) is 4.74 Å². The predicted molar refractivity (Wildman–Crippen MR) is 61.1 cm³/mol. The highest BCUT2D eigenvalue weighted by Gasteiger charge is 2.32. The molecule has 1 rings (SSSR count). The zero-order valence-corrected chi connectivity index (χ0v) is 10.2. The number of nitrogens with one attached hydrogen (secondary N) is 2. The topological polar surface area (TPSA) is 70.6 Å². The summed E-state index contributed by atoms with van der Waals surface area (Å²) in [5, 5.41) is 15.8. The molecule has 16 heavy (non-hydrogen) atoms. The van der Waals surface area contributed by atoms with Gasteiger partial charge in [-0.1, -0.05) is 0 Å². The van der Waals surface area contributed by atoms with E-state index in [9.17, 15) is 9.90 Å². The van der Waals surface area contributed by atoms with E-state index in [0.29, 0.717) is 26.2 Å². The van der Waals surface area contributed by atoms with Gasteiger partial charge in [-0.25, -0.2) is 0 Å². The number of carbonyl (C=O) groups is 1. The molecular weight excluding hydrogens is 208 g/mol. The zero-order chi connectivity index (χ0) is 12.2. The van der Waals surface area contributed by atoms with E-state index in [-0.39, 0.29) is 18.0 Å². The zero-order valence-electron chi connectivity index (χ0n) is 10.2. The minimum absolute atomic E-state index is 0.0440. The third-order valence-corrected chi connectivity index (χ3v) is 2.64. The second-order valence-electron chi connectivity index (χ2n) is 4.79. The lowest BCUT2D eigenvalue weighted by Crippen LogP contribution is -2.50. The van der Waals surface area contributed by atoms with Crippen molar-refractivity contribution in [2.75, 3.05) is 19.8 Å². The summed E-state index contributed by atoms with van der Waals surface area (Å²) >= 11 is 0. The average molecular weight is 230 g/mol. The summed E-state index contributed by atoms with van der Waals surface area (Å²) in [6, 6.07) is -0.165. The maximum atomic E-state index is 11.6. The Bertz CT molecular complexity index is 237. The van der Waals surface area contributed by atoms with Gasteiger partial charge in [-0.15, -0.1) is 0 Å². The van der Waals surface area contributed by atoms with Gasteiger partial charge in [0.25, 0.3) is 0 Å². The number of aliphatic hydroxyl groups is 1. The smallest absolute Gasteiger partial charge is 0.237 e. The fourth-order valence-electron chi connectivity index (χ4n) is 1.58. The second-order valence-corrected chi connectivity index (χ2v) is 4.79. The first-order valence-corrected chi connectivity index (χ1v) is 5.77. The van der Waals surface area contributed by atoms with Crippen molar-refractivity contribution < 1.29 is 14.6 Å². The number of amides is 1. The monoisotopic (exact) mass is 230 g/mol. The van der Waals surface area contributed by atoms with Crippen LogP contribution in [0.2, 0.25) is 0 Å². The summed E-state index contributed by atoms with van der Waals surface area (Å²) < 4.78 is 5.13. The van der Waals surface area contributed by atoms with Crippen LogP contribution < -0.4 is 10.6 Å². The minimum atomic E-state index is -0.813. The van der Waals surface area contributed by atoms with Crippen LogP contribution in [0.4, 0.5) is 0 Å². The molecule has 2 unspecified atom stereocenters. The van der Waals surface area contributed by atoms with Gasteiger partial charge in [-0.2, -0.15) is 0 Å². The molecule has 5 heteroatoms. The molecule has 1 heterocycles. The normalized spacial score (nSPS) is 27.1. The number of carbonyl (C=O) groups excluding carboxylic acids is 1. The van der Waals surface area contributed by atoms with Crippen molar-refractivity contribution in [3.63, 3.8) is 0 Å². The van der Waals surface area contributed by atoms with Crippen LogP contribution in [0.15, 0.2) is 0 Å². The van der Waals surface area contributed by atoms with Crippen molar-refractivity contribution in [3.8, 4) is 0 Å². The van der Waals surface area contributed by atoms with Crippen molar-refractivity contribution >= 4 is 5.91 Å². The van der Waals surface area contributed by atoms with Crippen LogP contribution in [-0.4, -0.2) is 48.5 Å². The summed E-state index contributed by atoms with van der Waals surface area (Å²) in [6.07, 6.45) is 0.624. The maximum Gasteiger partial charge on any atom is 0.237 e. The third kappa shape index (κ3) is 4.08. The fraction of sp³-hybridized carbons (Fsp3) is 0.909. The molecule has 0 bridgehead atoms. The molecule has 3 N–H and O–H groups in total. The Balaban J connectivity index is 2.28. The molecule has 5 nitrogen and oxygen atoms in total. The number of ether oxygens (including phenoxy) is 1. The van der Waals surface area contributed by atoms with Crippen molar-refractivity contribution in [2.45, 2.75) is 44.9 Å². The van der Waals surface area contributed by atoms with Crippen LogP contribution in [0.25, 0.3) is 0 Å². The van der Waals surface area contributed by atoms with Gasteiger partial charge in [0.1, 0.15) is 5.60 Å². The molecule has 1 amide bonds. The average Bonchev–Trinajstić information content (AvgIpc) is 2.61. The third-order valence-electron chi connectivity index (χ3n) is 2.64. The molecule has 1 fully saturated rings. The number of rotatable bonds is 5. The number of hydrogen-bond donors (Lipinski definition) is 3. The lowest BCUT2D eigenvalue weighted by atomic mass is 10.0. The Morgan fingerprint density at radius 1 is 1.50 bits per heavy atom. The summed E-state index contributed by atoms with van der Waals surface area (Å²) in [6.45, 7) is 6.95. The molecule has 1 aliphatic heterocycles. The lowest BCUT2D eigenvalue weighted by Gasteiger charge is -2.23. The summed E-state index contributed by atoms with van der Waals surface area (Å²) in [5.41, 5.74) is -0.813. The van der Waals surface area contributed by atoms with E-state index < -0.39 is 5.60 Å². The van der Waals surface area contributed by atoms with Gasteiger partial charge in [0.15, 0.2) is 0 Å². The molecule has 0 aromatic heterocycles. The van der Waals surface area contributed by atoms with E-state index in [1.54, 1.807) is 6.92 Å². The lowest BCUT2D eigenvalue weighted by molar-refractivity contribution is -0.123. The highest BCUT2D eigenvalue weighted by molar-refractivity contribution is 5.81. The summed E-state index contributed by atoms with van der Waals surface area (Å²) in [5.74, 6) is -0.0440. The van der Waals surface area contributed by atoms with Gasteiger partial charge in [-0.05, 0) is 20.8 Å². The Labute approximate surface area is 96.6 Å². The van der Waals surface area contributed by atoms with Gasteiger partial charge in [0.2, 0.25) is 5.91 Å². The van der Waals surface area contributed by atoms with Crippen molar-refractivity contribution in [1.29, 1.82) is 0 Å². The van der Waals surface area contributed by atoms with Crippen LogP contribution in [0.3, 0.4) is 0 Å². The second kappa shape index (κ2) is 5.61. The van der Waals surface area contributed by atoms with E-state index in [1.807, 2.05) is 13.8 Å². The van der Waals surface area contributed by atoms with Crippen LogP contribution in [0.5, 0.6) is 0 Å². The van der Waals surface area contributed by atoms with Crippen LogP contribution in [0, 0.1) is 0 Å². The Morgan fingerprint density at radius 3 is 2.69 bits per heavy atom. The van der Waals surface area contributed by atoms with Crippen LogP contribution in [0.1, 0.15) is 27.2 Å². The van der Waals surface area contributed by atoms with Crippen molar-refractivity contribution in [1.82, 2.24) is 10.6 Å². The Morgan fingerprint density at radius 2 is 2.19 bits per heavy atom. The molecule has 0 aromatic rings. The molecule has 0 radical (unpaired) electrons. The molecule has 0 aliphatic carbocycles. The Kier molecular flexibility index (Phi) is 4.70. The minimum Gasteiger partial charge on any atom is -0.386 e. The van der Waals surface area contributed by atoms with E-state index in [0.717, 1.165) is 0 Å². The molecule has 0 saturated carbocycles. The van der Waals surface area contributed by atoms with Gasteiger partial charge >= 0.3 is 0 Å². The SMILES string of the molecule is CC(C)NC(=O)C(C)NCC1(O)CCOC1. The van der Waals surface area contributed by atoms with Crippen LogP contribution in [-0.2, 0) is 9.53 Å². The van der Waals surface area contributed by atoms with Gasteiger partial charge in [0, 0.05) is 25.6 Å². The number of hydrogen-bond acceptors (Lipinski definition) is 4. The molecule has 1 saturated heterocycles. The first kappa shape index (κ1) is 13.4. The van der Waals surface area contributed by atoms with Gasteiger partial charge in [0.05, 0.1) is 12.6 Å². The Hall–Kier alpha value is -0.650. The van der Waals surface area contributed by atoms with E-state index in [1.165, 1.54) is 0 Å². The summed E-state index contributed by atoms with van der Waals surface area (Å²) in [7, 11) is 0. The maximum absolute atomic E-state index is 11.6. The van der Waals surface area contributed by atoms with Crippen LogP contribution >= 0.6 is 0 Å². The van der Waals surface area contributed by atoms with Crippen molar-refractivity contribution in [2.24, 2.45) is 0 Å². The van der Waals surface area contributed by atoms with E-state index >= 15 is 0 Å². The van der Waals surface area contributed by atoms with E-state index in [2.05, 4.69) is 10.6 Å². The molecule has 0 spiro atoms. The largest absolute Gasteiger partial charge is 0.386 e. The molecule has 2 atom stereocenters. The van der Waals surface area contributed by atoms with Crippen molar-refractivity contribution in [3.05, 3.63) is 0 Å². The first-order chi connectivity index (χ1) is 7.43. The summed E-state index contributed by atoms with van der Waals surface area (Å²) in [4.78, 5) is 11.6. The molecular formula is C11H22N2O3. The molecule has 1 aliphatic rings. The van der Waals surface area contributed by atoms with Gasteiger partial charge in [-0.3, -0.25) is 4.79 Å². The quantitative estimate of drug-likeness (QED) is 0.603. The molecule has 0 aromatic carbocycles. The highest BCUT2D eigenvalue weighted by Crippen LogP contribution is 2.16. The highest BCUT2D eigenvalue weighted by atomic mass is 16.5.